The minimum absolute atomic E-state index is 0.403. The van der Waals surface area contributed by atoms with Crippen LogP contribution in [0.4, 0.5) is 5.82 Å². The Hall–Kier alpha value is -2.58. The van der Waals surface area contributed by atoms with Crippen molar-refractivity contribution in [2.24, 2.45) is 7.05 Å². The van der Waals surface area contributed by atoms with Crippen LogP contribution in [0.2, 0.25) is 0 Å². The largest absolute Gasteiger partial charge is 0.379 e. The van der Waals surface area contributed by atoms with Crippen LogP contribution in [0, 0.1) is 6.92 Å². The highest BCUT2D eigenvalue weighted by Gasteiger charge is 2.22. The molecular formula is C20H27N7O. The first-order chi connectivity index (χ1) is 13.5. The van der Waals surface area contributed by atoms with Gasteiger partial charge < -0.3 is 9.64 Å². The lowest BCUT2D eigenvalue weighted by molar-refractivity contribution is 0.0218. The fraction of sp³-hybridized carbons (Fsp3) is 0.500. The van der Waals surface area contributed by atoms with Gasteiger partial charge in [-0.3, -0.25) is 14.6 Å². The number of likely N-dealkylation sites (N-methyl/N-ethyl adjacent to an activating group) is 1. The Balaban J connectivity index is 1.72. The molecule has 4 heterocycles. The Kier molecular flexibility index (Phi) is 5.23. The van der Waals surface area contributed by atoms with Gasteiger partial charge in [0.05, 0.1) is 24.3 Å². The molecule has 0 aliphatic carbocycles. The van der Waals surface area contributed by atoms with Gasteiger partial charge in [-0.1, -0.05) is 0 Å². The van der Waals surface area contributed by atoms with Gasteiger partial charge in [-0.05, 0) is 26.0 Å². The molecule has 3 aromatic heterocycles. The van der Waals surface area contributed by atoms with Gasteiger partial charge in [0.2, 0.25) is 0 Å². The summed E-state index contributed by atoms with van der Waals surface area (Å²) < 4.78 is 7.32. The highest BCUT2D eigenvalue weighted by molar-refractivity contribution is 5.91. The molecular weight excluding hydrogens is 354 g/mol. The third kappa shape index (κ3) is 3.57. The van der Waals surface area contributed by atoms with Crippen molar-refractivity contribution in [2.45, 2.75) is 19.9 Å². The lowest BCUT2D eigenvalue weighted by atomic mass is 10.2. The summed E-state index contributed by atoms with van der Waals surface area (Å²) in [6.07, 6.45) is 3.53. The maximum atomic E-state index is 5.49. The molecule has 8 nitrogen and oxygen atoms in total. The molecule has 148 valence electrons. The summed E-state index contributed by atoms with van der Waals surface area (Å²) in [6, 6.07) is 4.27. The summed E-state index contributed by atoms with van der Waals surface area (Å²) >= 11 is 0. The van der Waals surface area contributed by atoms with Gasteiger partial charge in [0.25, 0.3) is 0 Å². The van der Waals surface area contributed by atoms with Crippen LogP contribution in [-0.2, 0) is 11.8 Å². The van der Waals surface area contributed by atoms with Crippen molar-refractivity contribution in [1.82, 2.24) is 29.6 Å². The number of hydrogen-bond donors (Lipinski definition) is 0. The molecule has 1 unspecified atom stereocenters. The second kappa shape index (κ2) is 7.81. The van der Waals surface area contributed by atoms with Crippen molar-refractivity contribution in [2.75, 3.05) is 44.8 Å². The van der Waals surface area contributed by atoms with E-state index in [9.17, 15) is 0 Å². The topological polar surface area (TPSA) is 72.2 Å². The Morgan fingerprint density at radius 2 is 1.89 bits per heavy atom. The van der Waals surface area contributed by atoms with E-state index in [0.29, 0.717) is 11.9 Å². The molecule has 1 saturated heterocycles. The number of aromatic nitrogens is 5. The third-order valence-electron chi connectivity index (χ3n) is 5.35. The van der Waals surface area contributed by atoms with Crippen molar-refractivity contribution in [3.05, 3.63) is 30.2 Å². The number of nitrogens with zero attached hydrogens (tertiary/aromatic N) is 7. The van der Waals surface area contributed by atoms with E-state index in [2.05, 4.69) is 33.9 Å². The van der Waals surface area contributed by atoms with Crippen molar-refractivity contribution >= 4 is 16.9 Å². The SMILES string of the molecule is Cc1nn(C)c2nc(-c3ccncc3)nc(N(C)CC(C)N3CCOCC3)c12. The summed E-state index contributed by atoms with van der Waals surface area (Å²) in [7, 11) is 4.03. The number of morpholine rings is 1. The number of hydrogen-bond acceptors (Lipinski definition) is 7. The normalized spacial score (nSPS) is 16.4. The lowest BCUT2D eigenvalue weighted by Gasteiger charge is -2.34. The summed E-state index contributed by atoms with van der Waals surface area (Å²) in [6.45, 7) is 8.71. The first-order valence-electron chi connectivity index (χ1n) is 9.69. The van der Waals surface area contributed by atoms with E-state index in [0.717, 1.165) is 61.0 Å². The Labute approximate surface area is 165 Å². The maximum Gasteiger partial charge on any atom is 0.164 e. The molecule has 1 aliphatic heterocycles. The van der Waals surface area contributed by atoms with Crippen LogP contribution in [0.3, 0.4) is 0 Å². The highest BCUT2D eigenvalue weighted by Crippen LogP contribution is 2.29. The predicted octanol–water partition coefficient (Wildman–Crippen LogP) is 1.89. The summed E-state index contributed by atoms with van der Waals surface area (Å²) in [5.74, 6) is 1.61. The number of fused-ring (bicyclic) bond motifs is 1. The molecule has 0 aromatic carbocycles. The van der Waals surface area contributed by atoms with Crippen LogP contribution in [0.1, 0.15) is 12.6 Å². The molecule has 3 aromatic rings. The molecule has 0 saturated carbocycles. The van der Waals surface area contributed by atoms with Crippen molar-refractivity contribution in [1.29, 1.82) is 0 Å². The molecule has 0 spiro atoms. The zero-order valence-electron chi connectivity index (χ0n) is 17.0. The second-order valence-electron chi connectivity index (χ2n) is 7.39. The number of rotatable bonds is 5. The minimum atomic E-state index is 0.403. The maximum absolute atomic E-state index is 5.49. The van der Waals surface area contributed by atoms with Crippen LogP contribution >= 0.6 is 0 Å². The molecule has 0 amide bonds. The van der Waals surface area contributed by atoms with Crippen LogP contribution in [-0.4, -0.2) is 75.6 Å². The summed E-state index contributed by atoms with van der Waals surface area (Å²) in [5.41, 5.74) is 2.74. The van der Waals surface area contributed by atoms with Gasteiger partial charge in [-0.25, -0.2) is 9.97 Å². The predicted molar refractivity (Wildman–Crippen MR) is 109 cm³/mol. The van der Waals surface area contributed by atoms with Crippen molar-refractivity contribution in [3.8, 4) is 11.4 Å². The number of pyridine rings is 1. The van der Waals surface area contributed by atoms with Crippen LogP contribution < -0.4 is 4.90 Å². The van der Waals surface area contributed by atoms with Gasteiger partial charge >= 0.3 is 0 Å². The average Bonchev–Trinajstić information content (AvgIpc) is 3.02. The number of aryl methyl sites for hydroxylation is 2. The number of ether oxygens (including phenoxy) is 1. The fourth-order valence-corrected chi connectivity index (χ4v) is 3.84. The summed E-state index contributed by atoms with van der Waals surface area (Å²) in [4.78, 5) is 18.5. The molecule has 1 fully saturated rings. The van der Waals surface area contributed by atoms with E-state index < -0.39 is 0 Å². The molecule has 28 heavy (non-hydrogen) atoms. The smallest absolute Gasteiger partial charge is 0.164 e. The number of anilines is 1. The lowest BCUT2D eigenvalue weighted by Crippen LogP contribution is -2.47. The first kappa shape index (κ1) is 18.8. The van der Waals surface area contributed by atoms with Crippen LogP contribution in [0.15, 0.2) is 24.5 Å². The summed E-state index contributed by atoms with van der Waals surface area (Å²) in [5, 5.41) is 5.60. The Morgan fingerprint density at radius 3 is 2.61 bits per heavy atom. The van der Waals surface area contributed by atoms with Gasteiger partial charge in [-0.2, -0.15) is 5.10 Å². The first-order valence-corrected chi connectivity index (χ1v) is 9.69. The standard InChI is InChI=1S/C20H27N7O/c1-14(27-9-11-28-12-10-27)13-25(3)19-17-15(2)24-26(4)20(17)23-18(22-19)16-5-7-21-8-6-16/h5-8,14H,9-13H2,1-4H3. The van der Waals surface area contributed by atoms with Crippen molar-refractivity contribution < 1.29 is 4.74 Å². The van der Waals surface area contributed by atoms with E-state index in [4.69, 9.17) is 14.7 Å². The van der Waals surface area contributed by atoms with E-state index in [1.807, 2.05) is 30.8 Å². The highest BCUT2D eigenvalue weighted by atomic mass is 16.5. The zero-order valence-corrected chi connectivity index (χ0v) is 17.0. The van der Waals surface area contributed by atoms with Gasteiger partial charge in [0.15, 0.2) is 11.5 Å². The molecule has 8 heteroatoms. The third-order valence-corrected chi connectivity index (χ3v) is 5.35. The monoisotopic (exact) mass is 381 g/mol. The van der Waals surface area contributed by atoms with E-state index in [1.165, 1.54) is 0 Å². The second-order valence-corrected chi connectivity index (χ2v) is 7.39. The van der Waals surface area contributed by atoms with Gasteiger partial charge in [0.1, 0.15) is 5.82 Å². The molecule has 1 atom stereocenters. The molecule has 4 rings (SSSR count). The van der Waals surface area contributed by atoms with Gasteiger partial charge in [0, 0.05) is 57.7 Å². The van der Waals surface area contributed by atoms with Crippen LogP contribution in [0.5, 0.6) is 0 Å². The van der Waals surface area contributed by atoms with E-state index in [1.54, 1.807) is 12.4 Å². The van der Waals surface area contributed by atoms with Gasteiger partial charge in [-0.15, -0.1) is 0 Å². The molecule has 1 aliphatic rings. The Bertz CT molecular complexity index is 950. The molecule has 0 N–H and O–H groups in total. The van der Waals surface area contributed by atoms with E-state index in [-0.39, 0.29) is 0 Å². The molecule has 0 bridgehead atoms. The quantitative estimate of drug-likeness (QED) is 0.668. The minimum Gasteiger partial charge on any atom is -0.379 e. The van der Waals surface area contributed by atoms with Crippen molar-refractivity contribution in [3.63, 3.8) is 0 Å². The zero-order chi connectivity index (χ0) is 19.7. The molecule has 0 radical (unpaired) electrons. The Morgan fingerprint density at radius 1 is 1.18 bits per heavy atom. The van der Waals surface area contributed by atoms with Crippen LogP contribution in [0.25, 0.3) is 22.4 Å². The fourth-order valence-electron chi connectivity index (χ4n) is 3.84. The van der Waals surface area contributed by atoms with E-state index >= 15 is 0 Å². The average molecular weight is 381 g/mol.